The van der Waals surface area contributed by atoms with Crippen LogP contribution in [-0.4, -0.2) is 13.1 Å². The number of fused-ring (bicyclic) bond motifs is 3. The molecule has 1 aromatic heterocycles. The Balaban J connectivity index is 2.42. The minimum Gasteiger partial charge on any atom is -0.256 e. The molecule has 1 aromatic carbocycles. The van der Waals surface area contributed by atoms with Gasteiger partial charge in [-0.3, -0.25) is 4.98 Å². The molecule has 15 heavy (non-hydrogen) atoms. The number of benzene rings is 1. The van der Waals surface area contributed by atoms with E-state index in [1.54, 1.807) is 0 Å². The van der Waals surface area contributed by atoms with E-state index in [1.165, 1.54) is 21.6 Å². The molecule has 2 heteroatoms. The number of pyridine rings is 1. The zero-order chi connectivity index (χ0) is 10.5. The number of hydrogen-bond acceptors (Lipinski definition) is 1. The van der Waals surface area contributed by atoms with E-state index in [0.717, 1.165) is 0 Å². The molecule has 0 aliphatic carbocycles. The average Bonchev–Trinajstić information content (AvgIpc) is 2.51. The summed E-state index contributed by atoms with van der Waals surface area (Å²) in [4.78, 5) is 4.53. The fourth-order valence-corrected chi connectivity index (χ4v) is 5.49. The maximum atomic E-state index is 4.53. The molecule has 0 saturated carbocycles. The van der Waals surface area contributed by atoms with Crippen molar-refractivity contribution in [2.75, 3.05) is 0 Å². The molecular formula is C13H13NSi. The van der Waals surface area contributed by atoms with E-state index in [9.17, 15) is 0 Å². The first-order valence-corrected chi connectivity index (χ1v) is 8.26. The van der Waals surface area contributed by atoms with E-state index in [1.807, 2.05) is 6.20 Å². The van der Waals surface area contributed by atoms with Crippen molar-refractivity contribution >= 4 is 18.4 Å². The van der Waals surface area contributed by atoms with Gasteiger partial charge in [0.05, 0.1) is 5.69 Å². The van der Waals surface area contributed by atoms with E-state index < -0.39 is 8.07 Å². The Labute approximate surface area is 90.8 Å². The summed E-state index contributed by atoms with van der Waals surface area (Å²) >= 11 is 0. The molecule has 0 amide bonds. The van der Waals surface area contributed by atoms with Crippen molar-refractivity contribution in [2.24, 2.45) is 0 Å². The number of hydrogen-bond donors (Lipinski definition) is 0. The number of rotatable bonds is 0. The van der Waals surface area contributed by atoms with Crippen molar-refractivity contribution < 1.29 is 0 Å². The van der Waals surface area contributed by atoms with Gasteiger partial charge < -0.3 is 0 Å². The summed E-state index contributed by atoms with van der Waals surface area (Å²) < 4.78 is 0. The van der Waals surface area contributed by atoms with Gasteiger partial charge in [-0.1, -0.05) is 43.4 Å². The van der Waals surface area contributed by atoms with E-state index in [4.69, 9.17) is 0 Å². The molecule has 0 unspecified atom stereocenters. The highest BCUT2D eigenvalue weighted by Gasteiger charge is 2.37. The maximum Gasteiger partial charge on any atom is 0.115 e. The molecule has 0 spiro atoms. The van der Waals surface area contributed by atoms with E-state index in [-0.39, 0.29) is 0 Å². The highest BCUT2D eigenvalue weighted by atomic mass is 28.3. The van der Waals surface area contributed by atoms with Crippen LogP contribution in [0.4, 0.5) is 0 Å². The lowest BCUT2D eigenvalue weighted by Gasteiger charge is -2.17. The molecule has 0 N–H and O–H groups in total. The minimum absolute atomic E-state index is 1.21. The van der Waals surface area contributed by atoms with Gasteiger partial charge in [-0.15, -0.1) is 0 Å². The van der Waals surface area contributed by atoms with Gasteiger partial charge in [0.25, 0.3) is 0 Å². The first kappa shape index (κ1) is 8.86. The average molecular weight is 211 g/mol. The van der Waals surface area contributed by atoms with Gasteiger partial charge in [-0.05, 0) is 22.0 Å². The lowest BCUT2D eigenvalue weighted by Crippen LogP contribution is -2.49. The van der Waals surface area contributed by atoms with Crippen LogP contribution in [0.2, 0.25) is 13.1 Å². The third kappa shape index (κ3) is 1.05. The van der Waals surface area contributed by atoms with Gasteiger partial charge in [0.15, 0.2) is 0 Å². The SMILES string of the molecule is C[Si]1(C)c2ccccc2-c2ncccc21. The Kier molecular flexibility index (Phi) is 1.65. The lowest BCUT2D eigenvalue weighted by atomic mass is 10.1. The predicted molar refractivity (Wildman–Crippen MR) is 66.4 cm³/mol. The molecule has 0 bridgehead atoms. The summed E-state index contributed by atoms with van der Waals surface area (Å²) in [6.07, 6.45) is 1.89. The molecule has 0 radical (unpaired) electrons. The summed E-state index contributed by atoms with van der Waals surface area (Å²) in [7, 11) is -1.44. The molecule has 0 saturated heterocycles. The largest absolute Gasteiger partial charge is 0.256 e. The van der Waals surface area contributed by atoms with Crippen LogP contribution in [-0.2, 0) is 0 Å². The molecule has 0 atom stereocenters. The molecule has 74 valence electrons. The monoisotopic (exact) mass is 211 g/mol. The summed E-state index contributed by atoms with van der Waals surface area (Å²) in [5.41, 5.74) is 2.56. The Morgan fingerprint density at radius 1 is 0.933 bits per heavy atom. The lowest BCUT2D eigenvalue weighted by molar-refractivity contribution is 1.35. The van der Waals surface area contributed by atoms with Gasteiger partial charge in [-0.25, -0.2) is 0 Å². The molecule has 0 fully saturated rings. The highest BCUT2D eigenvalue weighted by Crippen LogP contribution is 2.25. The third-order valence-electron chi connectivity index (χ3n) is 3.34. The highest BCUT2D eigenvalue weighted by molar-refractivity contribution is 7.03. The fraction of sp³-hybridized carbons (Fsp3) is 0.154. The van der Waals surface area contributed by atoms with Crippen molar-refractivity contribution in [3.8, 4) is 11.3 Å². The molecule has 1 aliphatic heterocycles. The predicted octanol–water partition coefficient (Wildman–Crippen LogP) is 1.88. The van der Waals surface area contributed by atoms with Gasteiger partial charge in [0.1, 0.15) is 8.07 Å². The van der Waals surface area contributed by atoms with Gasteiger partial charge >= 0.3 is 0 Å². The Hall–Kier alpha value is -1.41. The number of aromatic nitrogens is 1. The summed E-state index contributed by atoms with van der Waals surface area (Å²) in [6.45, 7) is 4.80. The topological polar surface area (TPSA) is 12.9 Å². The quantitative estimate of drug-likeness (QED) is 0.606. The van der Waals surface area contributed by atoms with Crippen LogP contribution in [0.5, 0.6) is 0 Å². The van der Waals surface area contributed by atoms with Crippen molar-refractivity contribution in [1.29, 1.82) is 0 Å². The maximum absolute atomic E-state index is 4.53. The normalized spacial score (nSPS) is 15.9. The minimum atomic E-state index is -1.44. The van der Waals surface area contributed by atoms with Gasteiger partial charge in [0.2, 0.25) is 0 Å². The standard InChI is InChI=1S/C13H13NSi/c1-15(2)11-7-4-3-6-10(11)13-12(15)8-5-9-14-13/h3-9H,1-2H3. The van der Waals surface area contributed by atoms with Crippen molar-refractivity contribution in [2.45, 2.75) is 13.1 Å². The summed E-state index contributed by atoms with van der Waals surface area (Å²) in [5, 5.41) is 3.00. The Bertz CT molecular complexity index is 484. The third-order valence-corrected chi connectivity index (χ3v) is 6.87. The van der Waals surface area contributed by atoms with Crippen molar-refractivity contribution in [3.63, 3.8) is 0 Å². The first-order valence-electron chi connectivity index (χ1n) is 5.26. The first-order chi connectivity index (χ1) is 7.21. The zero-order valence-electron chi connectivity index (χ0n) is 8.99. The van der Waals surface area contributed by atoms with Crippen LogP contribution in [0.1, 0.15) is 0 Å². The molecule has 1 nitrogen and oxygen atoms in total. The molecule has 3 rings (SSSR count). The smallest absolute Gasteiger partial charge is 0.115 e. The molecule has 1 aliphatic rings. The van der Waals surface area contributed by atoms with Crippen LogP contribution in [0, 0.1) is 0 Å². The van der Waals surface area contributed by atoms with E-state index in [0.29, 0.717) is 0 Å². The second-order valence-electron chi connectivity index (χ2n) is 4.57. The second kappa shape index (κ2) is 2.80. The zero-order valence-corrected chi connectivity index (χ0v) is 9.99. The Morgan fingerprint density at radius 2 is 1.67 bits per heavy atom. The second-order valence-corrected chi connectivity index (χ2v) is 8.90. The van der Waals surface area contributed by atoms with Crippen molar-refractivity contribution in [3.05, 3.63) is 42.6 Å². The van der Waals surface area contributed by atoms with Crippen LogP contribution >= 0.6 is 0 Å². The van der Waals surface area contributed by atoms with Crippen LogP contribution in [0.3, 0.4) is 0 Å². The van der Waals surface area contributed by atoms with Crippen LogP contribution < -0.4 is 10.4 Å². The fourth-order valence-electron chi connectivity index (χ4n) is 2.50. The van der Waals surface area contributed by atoms with Crippen LogP contribution in [0.15, 0.2) is 42.6 Å². The number of nitrogens with zero attached hydrogens (tertiary/aromatic N) is 1. The van der Waals surface area contributed by atoms with Crippen LogP contribution in [0.25, 0.3) is 11.3 Å². The molecule has 2 heterocycles. The van der Waals surface area contributed by atoms with Gasteiger partial charge in [0, 0.05) is 6.20 Å². The van der Waals surface area contributed by atoms with E-state index >= 15 is 0 Å². The van der Waals surface area contributed by atoms with Crippen molar-refractivity contribution in [1.82, 2.24) is 4.98 Å². The summed E-state index contributed by atoms with van der Waals surface area (Å²) in [5.74, 6) is 0. The molecule has 2 aromatic rings. The summed E-state index contributed by atoms with van der Waals surface area (Å²) in [6, 6.07) is 13.0. The van der Waals surface area contributed by atoms with Gasteiger partial charge in [-0.2, -0.15) is 0 Å². The Morgan fingerprint density at radius 3 is 2.53 bits per heavy atom. The molecular weight excluding hydrogens is 198 g/mol. The van der Waals surface area contributed by atoms with E-state index in [2.05, 4.69) is 54.5 Å².